The smallest absolute Gasteiger partial charge is 0.328 e. The van der Waals surface area contributed by atoms with Gasteiger partial charge in [-0.25, -0.2) is 9.48 Å². The van der Waals surface area contributed by atoms with Gasteiger partial charge in [0.25, 0.3) is 0 Å². The first kappa shape index (κ1) is 10.9. The van der Waals surface area contributed by atoms with Crippen LogP contribution in [0.3, 0.4) is 0 Å². The van der Waals surface area contributed by atoms with Crippen LogP contribution in [-0.4, -0.2) is 27.5 Å². The van der Waals surface area contributed by atoms with E-state index in [-0.39, 0.29) is 6.23 Å². The van der Waals surface area contributed by atoms with Crippen molar-refractivity contribution in [2.75, 3.05) is 6.61 Å². The van der Waals surface area contributed by atoms with Crippen LogP contribution in [-0.2, 0) is 9.53 Å². The van der Waals surface area contributed by atoms with Gasteiger partial charge in [0, 0.05) is 18.9 Å². The molecule has 1 saturated heterocycles. The Morgan fingerprint density at radius 1 is 1.62 bits per heavy atom. The first-order valence-corrected chi connectivity index (χ1v) is 5.33. The number of nitrogens with zero attached hydrogens (tertiary/aromatic N) is 2. The summed E-state index contributed by atoms with van der Waals surface area (Å²) in [6, 6.07) is 1.78. The highest BCUT2D eigenvalue weighted by molar-refractivity contribution is 5.84. The molecule has 0 aliphatic carbocycles. The van der Waals surface area contributed by atoms with Crippen molar-refractivity contribution in [1.29, 1.82) is 0 Å². The molecule has 2 heterocycles. The van der Waals surface area contributed by atoms with Crippen molar-refractivity contribution in [2.45, 2.75) is 25.5 Å². The Bertz CT molecular complexity index is 392. The zero-order chi connectivity index (χ0) is 11.4. The Labute approximate surface area is 93.3 Å². The Hall–Kier alpha value is -1.62. The lowest BCUT2D eigenvalue weighted by molar-refractivity contribution is -0.131. The third-order valence-electron chi connectivity index (χ3n) is 2.53. The molecule has 86 valence electrons. The fourth-order valence-electron chi connectivity index (χ4n) is 1.77. The van der Waals surface area contributed by atoms with Crippen LogP contribution in [0.25, 0.3) is 6.08 Å². The Balaban J connectivity index is 2.14. The van der Waals surface area contributed by atoms with Crippen molar-refractivity contribution in [3.63, 3.8) is 0 Å². The van der Waals surface area contributed by atoms with Crippen LogP contribution in [0, 0.1) is 0 Å². The highest BCUT2D eigenvalue weighted by Crippen LogP contribution is 2.23. The molecule has 0 aromatic carbocycles. The van der Waals surface area contributed by atoms with E-state index in [4.69, 9.17) is 9.84 Å². The van der Waals surface area contributed by atoms with Crippen LogP contribution in [0.4, 0.5) is 0 Å². The summed E-state index contributed by atoms with van der Waals surface area (Å²) >= 11 is 0. The number of aliphatic carboxylic acids is 1. The summed E-state index contributed by atoms with van der Waals surface area (Å²) in [4.78, 5) is 10.4. The number of ether oxygens (including phenoxy) is 1. The summed E-state index contributed by atoms with van der Waals surface area (Å²) in [5.41, 5.74) is 0.759. The van der Waals surface area contributed by atoms with Crippen LogP contribution in [0.15, 0.2) is 18.3 Å². The van der Waals surface area contributed by atoms with E-state index in [1.807, 2.05) is 0 Å². The first-order chi connectivity index (χ1) is 7.77. The third-order valence-corrected chi connectivity index (χ3v) is 2.53. The van der Waals surface area contributed by atoms with Gasteiger partial charge in [-0.05, 0) is 31.4 Å². The average molecular weight is 222 g/mol. The van der Waals surface area contributed by atoms with E-state index in [9.17, 15) is 4.79 Å². The minimum atomic E-state index is -0.961. The molecular weight excluding hydrogens is 208 g/mol. The van der Waals surface area contributed by atoms with E-state index in [1.54, 1.807) is 16.9 Å². The third kappa shape index (κ3) is 2.49. The van der Waals surface area contributed by atoms with Crippen LogP contribution >= 0.6 is 0 Å². The topological polar surface area (TPSA) is 64.3 Å². The Kier molecular flexibility index (Phi) is 3.36. The minimum Gasteiger partial charge on any atom is -0.478 e. The molecule has 0 spiro atoms. The lowest BCUT2D eigenvalue weighted by Crippen LogP contribution is -2.20. The maximum Gasteiger partial charge on any atom is 0.328 e. The number of rotatable bonds is 3. The molecule has 1 fully saturated rings. The first-order valence-electron chi connectivity index (χ1n) is 5.33. The van der Waals surface area contributed by atoms with Gasteiger partial charge in [-0.2, -0.15) is 5.10 Å². The predicted octanol–water partition coefficient (Wildman–Crippen LogP) is 1.68. The van der Waals surface area contributed by atoms with Crippen molar-refractivity contribution in [3.05, 3.63) is 24.0 Å². The van der Waals surface area contributed by atoms with Crippen LogP contribution in [0.1, 0.15) is 31.2 Å². The van der Waals surface area contributed by atoms with Crippen molar-refractivity contribution < 1.29 is 14.6 Å². The van der Waals surface area contributed by atoms with Gasteiger partial charge in [-0.1, -0.05) is 0 Å². The maximum atomic E-state index is 10.4. The van der Waals surface area contributed by atoms with E-state index < -0.39 is 5.97 Å². The fourth-order valence-corrected chi connectivity index (χ4v) is 1.77. The summed E-state index contributed by atoms with van der Waals surface area (Å²) in [6.45, 7) is 0.743. The lowest BCUT2D eigenvalue weighted by Gasteiger charge is -2.23. The minimum absolute atomic E-state index is 0.0582. The van der Waals surface area contributed by atoms with Crippen LogP contribution < -0.4 is 0 Å². The molecule has 0 saturated carbocycles. The van der Waals surface area contributed by atoms with Gasteiger partial charge in [0.15, 0.2) is 6.23 Å². The Morgan fingerprint density at radius 3 is 3.19 bits per heavy atom. The zero-order valence-electron chi connectivity index (χ0n) is 8.87. The van der Waals surface area contributed by atoms with Crippen molar-refractivity contribution in [2.24, 2.45) is 0 Å². The second kappa shape index (κ2) is 4.94. The number of hydrogen-bond donors (Lipinski definition) is 1. The zero-order valence-corrected chi connectivity index (χ0v) is 8.87. The van der Waals surface area contributed by atoms with Gasteiger partial charge in [0.05, 0.1) is 5.69 Å². The maximum absolute atomic E-state index is 10.4. The second-order valence-electron chi connectivity index (χ2n) is 3.69. The molecule has 5 heteroatoms. The van der Waals surface area contributed by atoms with Gasteiger partial charge in [-0.3, -0.25) is 0 Å². The lowest BCUT2D eigenvalue weighted by atomic mass is 10.2. The molecule has 0 amide bonds. The van der Waals surface area contributed by atoms with Crippen molar-refractivity contribution in [3.8, 4) is 0 Å². The molecule has 1 unspecified atom stereocenters. The second-order valence-corrected chi connectivity index (χ2v) is 3.69. The van der Waals surface area contributed by atoms with Gasteiger partial charge in [0.2, 0.25) is 0 Å². The molecule has 1 aromatic rings. The molecule has 0 bridgehead atoms. The highest BCUT2D eigenvalue weighted by atomic mass is 16.5. The van der Waals surface area contributed by atoms with Crippen LogP contribution in [0.5, 0.6) is 0 Å². The van der Waals surface area contributed by atoms with E-state index in [2.05, 4.69) is 5.10 Å². The van der Waals surface area contributed by atoms with Crippen molar-refractivity contribution >= 4 is 12.0 Å². The van der Waals surface area contributed by atoms with Crippen LogP contribution in [0.2, 0.25) is 0 Å². The molecule has 5 nitrogen and oxygen atoms in total. The molecule has 16 heavy (non-hydrogen) atoms. The number of carbonyl (C=O) groups is 1. The Morgan fingerprint density at radius 2 is 2.50 bits per heavy atom. The van der Waals surface area contributed by atoms with Gasteiger partial charge < -0.3 is 9.84 Å². The van der Waals surface area contributed by atoms with Gasteiger partial charge in [0.1, 0.15) is 0 Å². The van der Waals surface area contributed by atoms with E-state index in [0.29, 0.717) is 0 Å². The monoisotopic (exact) mass is 222 g/mol. The quantitative estimate of drug-likeness (QED) is 0.790. The van der Waals surface area contributed by atoms with E-state index in [0.717, 1.165) is 37.6 Å². The largest absolute Gasteiger partial charge is 0.478 e. The number of hydrogen-bond acceptors (Lipinski definition) is 3. The molecule has 0 radical (unpaired) electrons. The summed E-state index contributed by atoms with van der Waals surface area (Å²) < 4.78 is 7.32. The normalized spacial score (nSPS) is 21.4. The summed E-state index contributed by atoms with van der Waals surface area (Å²) in [6.07, 6.45) is 7.36. The predicted molar refractivity (Wildman–Crippen MR) is 57.7 cm³/mol. The van der Waals surface area contributed by atoms with Gasteiger partial charge in [-0.15, -0.1) is 0 Å². The molecular formula is C11H14N2O3. The fraction of sp³-hybridized carbons (Fsp3) is 0.455. The SMILES string of the molecule is O=C(O)/C=C\c1ccnn1C1CCCCO1. The summed E-state index contributed by atoms with van der Waals surface area (Å²) in [5, 5.41) is 12.7. The van der Waals surface area contributed by atoms with E-state index >= 15 is 0 Å². The molecule has 1 aliphatic heterocycles. The average Bonchev–Trinajstić information content (AvgIpc) is 2.75. The molecule has 1 aromatic heterocycles. The highest BCUT2D eigenvalue weighted by Gasteiger charge is 2.17. The summed E-state index contributed by atoms with van der Waals surface area (Å²) in [5.74, 6) is -0.961. The number of carboxylic acid groups (broad SMARTS) is 1. The standard InChI is InChI=1S/C11H14N2O3/c14-11(15)5-4-9-6-7-12-13(9)10-3-1-2-8-16-10/h4-7,10H,1-3,8H2,(H,14,15)/b5-4-. The number of carboxylic acids is 1. The molecule has 2 rings (SSSR count). The molecule has 1 N–H and O–H groups in total. The number of aromatic nitrogens is 2. The van der Waals surface area contributed by atoms with E-state index in [1.165, 1.54) is 6.08 Å². The van der Waals surface area contributed by atoms with Crippen molar-refractivity contribution in [1.82, 2.24) is 9.78 Å². The molecule has 1 aliphatic rings. The molecule has 1 atom stereocenters. The van der Waals surface area contributed by atoms with Gasteiger partial charge >= 0.3 is 5.97 Å². The summed E-state index contributed by atoms with van der Waals surface area (Å²) in [7, 11) is 0.